The van der Waals surface area contributed by atoms with Crippen molar-refractivity contribution in [3.8, 4) is 11.5 Å². The van der Waals surface area contributed by atoms with E-state index >= 15 is 0 Å². The highest BCUT2D eigenvalue weighted by molar-refractivity contribution is 7.92. The first-order chi connectivity index (χ1) is 13.3. The summed E-state index contributed by atoms with van der Waals surface area (Å²) in [5.74, 6) is 0.528. The van der Waals surface area contributed by atoms with Crippen molar-refractivity contribution in [3.05, 3.63) is 77.4 Å². The molecule has 0 radical (unpaired) electrons. The molecule has 1 aliphatic heterocycles. The smallest absolute Gasteiger partial charge is 0.261 e. The van der Waals surface area contributed by atoms with Crippen molar-refractivity contribution in [2.75, 3.05) is 10.0 Å². The van der Waals surface area contributed by atoms with Crippen LogP contribution in [0.2, 0.25) is 0 Å². The Bertz CT molecular complexity index is 1200. The van der Waals surface area contributed by atoms with E-state index in [4.69, 9.17) is 4.74 Å². The molecule has 1 aliphatic rings. The van der Waals surface area contributed by atoms with E-state index in [9.17, 15) is 13.2 Å². The van der Waals surface area contributed by atoms with Crippen molar-refractivity contribution >= 4 is 27.3 Å². The molecule has 142 valence electrons. The van der Waals surface area contributed by atoms with Crippen LogP contribution in [0.15, 0.2) is 65.6 Å². The summed E-state index contributed by atoms with van der Waals surface area (Å²) in [6.07, 6.45) is 0. The summed E-state index contributed by atoms with van der Waals surface area (Å²) in [5.41, 5.74) is 2.92. The molecule has 4 rings (SSSR count). The average molecular weight is 394 g/mol. The molecule has 7 heteroatoms. The first kappa shape index (κ1) is 18.1. The van der Waals surface area contributed by atoms with E-state index in [2.05, 4.69) is 10.0 Å². The van der Waals surface area contributed by atoms with Crippen LogP contribution in [0.25, 0.3) is 0 Å². The van der Waals surface area contributed by atoms with E-state index in [1.165, 1.54) is 12.1 Å². The van der Waals surface area contributed by atoms with Gasteiger partial charge in [0.25, 0.3) is 15.9 Å². The van der Waals surface area contributed by atoms with Gasteiger partial charge in [-0.05, 0) is 67.4 Å². The molecule has 0 saturated carbocycles. The second-order valence-corrected chi connectivity index (χ2v) is 8.37. The van der Waals surface area contributed by atoms with Crippen molar-refractivity contribution in [2.45, 2.75) is 18.7 Å². The third-order valence-corrected chi connectivity index (χ3v) is 5.76. The van der Waals surface area contributed by atoms with E-state index in [-0.39, 0.29) is 22.1 Å². The summed E-state index contributed by atoms with van der Waals surface area (Å²) in [6, 6.07) is 16.7. The molecule has 0 spiro atoms. The molecule has 0 bridgehead atoms. The van der Waals surface area contributed by atoms with E-state index in [0.717, 1.165) is 11.1 Å². The predicted octanol–water partition coefficient (Wildman–Crippen LogP) is 4.46. The Labute approximate surface area is 163 Å². The normalized spacial score (nSPS) is 12.9. The minimum Gasteiger partial charge on any atom is -0.454 e. The maximum Gasteiger partial charge on any atom is 0.261 e. The SMILES string of the molecule is Cc1cccc(S(=O)(=O)Nc2ccc3c(c2)C(=O)Nc2cc(C)ccc2O3)c1. The third kappa shape index (κ3) is 3.44. The second kappa shape index (κ2) is 6.69. The minimum atomic E-state index is -3.77. The lowest BCUT2D eigenvalue weighted by molar-refractivity contribution is 0.102. The molecule has 0 saturated heterocycles. The van der Waals surface area contributed by atoms with Crippen LogP contribution in [0.4, 0.5) is 11.4 Å². The Morgan fingerprint density at radius 1 is 0.893 bits per heavy atom. The van der Waals surface area contributed by atoms with Gasteiger partial charge in [-0.2, -0.15) is 0 Å². The number of ether oxygens (including phenoxy) is 1. The molecule has 6 nitrogen and oxygen atoms in total. The maximum atomic E-state index is 12.6. The van der Waals surface area contributed by atoms with Gasteiger partial charge >= 0.3 is 0 Å². The molecular weight excluding hydrogens is 376 g/mol. The lowest BCUT2D eigenvalue weighted by atomic mass is 10.1. The number of aryl methyl sites for hydroxylation is 2. The standard InChI is InChI=1S/C21H18N2O4S/c1-13-4-3-5-16(10-13)28(25,26)23-15-7-9-19-17(12-15)21(24)22-18-11-14(2)6-8-20(18)27-19/h3-12,23H,1-2H3,(H,22,24). The van der Waals surface area contributed by atoms with Crippen molar-refractivity contribution < 1.29 is 17.9 Å². The Kier molecular flexibility index (Phi) is 4.31. The van der Waals surface area contributed by atoms with Gasteiger partial charge in [-0.15, -0.1) is 0 Å². The molecular formula is C21H18N2O4S. The van der Waals surface area contributed by atoms with Gasteiger partial charge < -0.3 is 10.1 Å². The third-order valence-electron chi connectivity index (χ3n) is 4.38. The average Bonchev–Trinajstić information content (AvgIpc) is 2.77. The van der Waals surface area contributed by atoms with Crippen LogP contribution in [-0.2, 0) is 10.0 Å². The van der Waals surface area contributed by atoms with Crippen molar-refractivity contribution in [3.63, 3.8) is 0 Å². The number of carbonyl (C=O) groups excluding carboxylic acids is 1. The van der Waals surface area contributed by atoms with Gasteiger partial charge in [0.1, 0.15) is 5.75 Å². The van der Waals surface area contributed by atoms with Gasteiger partial charge in [0.05, 0.1) is 16.1 Å². The molecule has 3 aromatic rings. The van der Waals surface area contributed by atoms with Gasteiger partial charge in [0, 0.05) is 5.69 Å². The number of carbonyl (C=O) groups is 1. The Hall–Kier alpha value is -3.32. The fraction of sp³-hybridized carbons (Fsp3) is 0.0952. The first-order valence-corrected chi connectivity index (χ1v) is 10.1. The topological polar surface area (TPSA) is 84.5 Å². The van der Waals surface area contributed by atoms with Crippen LogP contribution in [0.1, 0.15) is 21.5 Å². The van der Waals surface area contributed by atoms with Crippen LogP contribution in [-0.4, -0.2) is 14.3 Å². The van der Waals surface area contributed by atoms with Crippen molar-refractivity contribution in [2.24, 2.45) is 0 Å². The quantitative estimate of drug-likeness (QED) is 0.687. The largest absolute Gasteiger partial charge is 0.454 e. The summed E-state index contributed by atoms with van der Waals surface area (Å²) in [4.78, 5) is 12.8. The summed E-state index contributed by atoms with van der Waals surface area (Å²) >= 11 is 0. The predicted molar refractivity (Wildman–Crippen MR) is 108 cm³/mol. The Morgan fingerprint density at radius 3 is 2.43 bits per heavy atom. The molecule has 1 amide bonds. The lowest BCUT2D eigenvalue weighted by Gasteiger charge is -2.11. The van der Waals surface area contributed by atoms with Gasteiger partial charge in [-0.25, -0.2) is 8.42 Å². The molecule has 0 unspecified atom stereocenters. The molecule has 0 atom stereocenters. The monoisotopic (exact) mass is 394 g/mol. The van der Waals surface area contributed by atoms with E-state index in [1.807, 2.05) is 32.0 Å². The molecule has 0 aliphatic carbocycles. The van der Waals surface area contributed by atoms with Crippen LogP contribution in [0.5, 0.6) is 11.5 Å². The van der Waals surface area contributed by atoms with Crippen molar-refractivity contribution in [1.29, 1.82) is 0 Å². The molecule has 0 fully saturated rings. The number of sulfonamides is 1. The highest BCUT2D eigenvalue weighted by Crippen LogP contribution is 2.37. The number of anilines is 2. The van der Waals surface area contributed by atoms with Crippen molar-refractivity contribution in [1.82, 2.24) is 0 Å². The summed E-state index contributed by atoms with van der Waals surface area (Å²) in [6.45, 7) is 3.74. The van der Waals surface area contributed by atoms with Crippen LogP contribution < -0.4 is 14.8 Å². The number of fused-ring (bicyclic) bond motifs is 2. The molecule has 28 heavy (non-hydrogen) atoms. The van der Waals surface area contributed by atoms with E-state index in [0.29, 0.717) is 17.2 Å². The molecule has 2 N–H and O–H groups in total. The number of amides is 1. The molecule has 0 aromatic heterocycles. The van der Waals surface area contributed by atoms with Gasteiger partial charge in [-0.3, -0.25) is 9.52 Å². The number of hydrogen-bond acceptors (Lipinski definition) is 4. The zero-order valence-corrected chi connectivity index (χ0v) is 16.1. The molecule has 1 heterocycles. The van der Waals surface area contributed by atoms with Gasteiger partial charge in [0.2, 0.25) is 0 Å². The van der Waals surface area contributed by atoms with Crippen LogP contribution in [0, 0.1) is 13.8 Å². The summed E-state index contributed by atoms with van der Waals surface area (Å²) < 4.78 is 33.7. The second-order valence-electron chi connectivity index (χ2n) is 6.69. The highest BCUT2D eigenvalue weighted by atomic mass is 32.2. The number of hydrogen-bond donors (Lipinski definition) is 2. The number of benzene rings is 3. The highest BCUT2D eigenvalue weighted by Gasteiger charge is 2.22. The number of rotatable bonds is 3. The first-order valence-electron chi connectivity index (χ1n) is 8.65. The van der Waals surface area contributed by atoms with Crippen LogP contribution >= 0.6 is 0 Å². The zero-order chi connectivity index (χ0) is 19.9. The summed E-state index contributed by atoms with van der Waals surface area (Å²) in [5, 5.41) is 2.81. The van der Waals surface area contributed by atoms with E-state index in [1.54, 1.807) is 30.3 Å². The lowest BCUT2D eigenvalue weighted by Crippen LogP contribution is -2.15. The summed E-state index contributed by atoms with van der Waals surface area (Å²) in [7, 11) is -3.77. The maximum absolute atomic E-state index is 12.6. The fourth-order valence-electron chi connectivity index (χ4n) is 3.00. The minimum absolute atomic E-state index is 0.158. The van der Waals surface area contributed by atoms with Gasteiger partial charge in [-0.1, -0.05) is 18.2 Å². The van der Waals surface area contributed by atoms with E-state index < -0.39 is 10.0 Å². The number of nitrogens with one attached hydrogen (secondary N) is 2. The fourth-order valence-corrected chi connectivity index (χ4v) is 4.15. The Morgan fingerprint density at radius 2 is 1.64 bits per heavy atom. The van der Waals surface area contributed by atoms with Crippen LogP contribution in [0.3, 0.4) is 0 Å². The van der Waals surface area contributed by atoms with Gasteiger partial charge in [0.15, 0.2) is 5.75 Å². The Balaban J connectivity index is 1.68. The molecule has 3 aromatic carbocycles. The zero-order valence-electron chi connectivity index (χ0n) is 15.3.